The fourth-order valence-electron chi connectivity index (χ4n) is 2.51. The van der Waals surface area contributed by atoms with E-state index in [9.17, 15) is 9.90 Å². The standard InChI is InChI=1S/C18H17ClN2O2S/c1-11-8-9-14(13-7-5-4-6-12(11)13)21-15(19)10-20-17(21)24-18(2,3)16(22)23/h4-10H,1-3H3,(H,22,23). The van der Waals surface area contributed by atoms with Gasteiger partial charge in [0.2, 0.25) is 0 Å². The van der Waals surface area contributed by atoms with Crippen LogP contribution in [0.15, 0.2) is 47.8 Å². The Kier molecular flexibility index (Phi) is 4.32. The molecule has 0 unspecified atom stereocenters. The van der Waals surface area contributed by atoms with Crippen LogP contribution >= 0.6 is 23.4 Å². The van der Waals surface area contributed by atoms with Gasteiger partial charge in [0.15, 0.2) is 5.16 Å². The van der Waals surface area contributed by atoms with Crippen molar-refractivity contribution < 1.29 is 9.90 Å². The predicted octanol–water partition coefficient (Wildman–Crippen LogP) is 4.94. The molecule has 6 heteroatoms. The largest absolute Gasteiger partial charge is 0.480 e. The van der Waals surface area contributed by atoms with E-state index in [1.54, 1.807) is 24.6 Å². The van der Waals surface area contributed by atoms with Gasteiger partial charge in [0.25, 0.3) is 0 Å². The zero-order chi connectivity index (χ0) is 17.5. The molecule has 0 spiro atoms. The summed E-state index contributed by atoms with van der Waals surface area (Å²) in [6, 6.07) is 12.1. The highest BCUT2D eigenvalue weighted by molar-refractivity contribution is 8.01. The summed E-state index contributed by atoms with van der Waals surface area (Å²) < 4.78 is 0.797. The molecule has 1 aromatic heterocycles. The van der Waals surface area contributed by atoms with Crippen molar-refractivity contribution in [1.29, 1.82) is 0 Å². The molecule has 2 aromatic carbocycles. The van der Waals surface area contributed by atoms with Gasteiger partial charge in [-0.25, -0.2) is 4.98 Å². The normalized spacial score (nSPS) is 11.8. The molecule has 0 aliphatic carbocycles. The zero-order valence-electron chi connectivity index (χ0n) is 13.6. The van der Waals surface area contributed by atoms with Crippen LogP contribution in [0, 0.1) is 6.92 Å². The average Bonchev–Trinajstić information content (AvgIpc) is 2.88. The Morgan fingerprint density at radius 3 is 2.54 bits per heavy atom. The Bertz CT molecular complexity index is 934. The summed E-state index contributed by atoms with van der Waals surface area (Å²) >= 11 is 7.54. The van der Waals surface area contributed by atoms with E-state index in [-0.39, 0.29) is 0 Å². The first-order valence-electron chi connectivity index (χ1n) is 7.45. The minimum atomic E-state index is -1.01. The molecule has 0 aliphatic rings. The quantitative estimate of drug-likeness (QED) is 0.669. The first kappa shape index (κ1) is 16.9. The van der Waals surface area contributed by atoms with Gasteiger partial charge in [-0.05, 0) is 37.8 Å². The number of thioether (sulfide) groups is 1. The van der Waals surface area contributed by atoms with Crippen molar-refractivity contribution in [3.05, 3.63) is 53.3 Å². The molecule has 1 heterocycles. The highest BCUT2D eigenvalue weighted by Crippen LogP contribution is 2.37. The first-order chi connectivity index (χ1) is 11.3. The maximum atomic E-state index is 11.4. The summed E-state index contributed by atoms with van der Waals surface area (Å²) in [6.45, 7) is 5.37. The van der Waals surface area contributed by atoms with Crippen LogP contribution in [0.3, 0.4) is 0 Å². The molecule has 4 nitrogen and oxygen atoms in total. The summed E-state index contributed by atoms with van der Waals surface area (Å²) in [5.74, 6) is -0.896. The van der Waals surface area contributed by atoms with E-state index < -0.39 is 10.7 Å². The van der Waals surface area contributed by atoms with Gasteiger partial charge in [-0.3, -0.25) is 9.36 Å². The molecule has 3 aromatic rings. The number of hydrogen-bond donors (Lipinski definition) is 1. The van der Waals surface area contributed by atoms with E-state index in [4.69, 9.17) is 11.6 Å². The summed E-state index contributed by atoms with van der Waals surface area (Å²) in [6.07, 6.45) is 1.55. The first-order valence-corrected chi connectivity index (χ1v) is 8.65. The molecule has 0 atom stereocenters. The van der Waals surface area contributed by atoms with Crippen molar-refractivity contribution in [2.24, 2.45) is 0 Å². The summed E-state index contributed by atoms with van der Waals surface area (Å²) in [5.41, 5.74) is 2.06. The lowest BCUT2D eigenvalue weighted by Crippen LogP contribution is -2.27. The Labute approximate surface area is 149 Å². The number of carbonyl (C=O) groups is 1. The van der Waals surface area contributed by atoms with Gasteiger partial charge in [0, 0.05) is 5.39 Å². The topological polar surface area (TPSA) is 55.1 Å². The fraction of sp³-hybridized carbons (Fsp3) is 0.222. The molecule has 0 aliphatic heterocycles. The monoisotopic (exact) mass is 360 g/mol. The van der Waals surface area contributed by atoms with Crippen LogP contribution in [0.25, 0.3) is 16.5 Å². The van der Waals surface area contributed by atoms with E-state index in [2.05, 4.69) is 18.0 Å². The Hall–Kier alpha value is -1.98. The van der Waals surface area contributed by atoms with Gasteiger partial charge in [0.1, 0.15) is 9.90 Å². The lowest BCUT2D eigenvalue weighted by atomic mass is 10.0. The fourth-order valence-corrected chi connectivity index (χ4v) is 3.71. The summed E-state index contributed by atoms with van der Waals surface area (Å²) in [5, 5.41) is 12.6. The molecule has 0 saturated heterocycles. The molecule has 24 heavy (non-hydrogen) atoms. The second-order valence-electron chi connectivity index (χ2n) is 6.06. The number of aliphatic carboxylic acids is 1. The molecule has 0 amide bonds. The van der Waals surface area contributed by atoms with Gasteiger partial charge in [0.05, 0.1) is 11.9 Å². The Morgan fingerprint density at radius 2 is 1.88 bits per heavy atom. The minimum Gasteiger partial charge on any atom is -0.480 e. The molecular formula is C18H17ClN2O2S. The highest BCUT2D eigenvalue weighted by atomic mass is 35.5. The van der Waals surface area contributed by atoms with Crippen LogP contribution < -0.4 is 0 Å². The maximum Gasteiger partial charge on any atom is 0.319 e. The van der Waals surface area contributed by atoms with Gasteiger partial charge >= 0.3 is 5.97 Å². The molecule has 0 radical (unpaired) electrons. The molecule has 0 fully saturated rings. The van der Waals surface area contributed by atoms with Crippen molar-refractivity contribution >= 4 is 40.1 Å². The highest BCUT2D eigenvalue weighted by Gasteiger charge is 2.31. The van der Waals surface area contributed by atoms with Crippen molar-refractivity contribution in [1.82, 2.24) is 9.55 Å². The molecule has 0 saturated carbocycles. The van der Waals surface area contributed by atoms with Gasteiger partial charge in [-0.2, -0.15) is 0 Å². The number of nitrogens with zero attached hydrogens (tertiary/aromatic N) is 2. The number of carboxylic acid groups (broad SMARTS) is 1. The lowest BCUT2D eigenvalue weighted by Gasteiger charge is -2.19. The number of benzene rings is 2. The second kappa shape index (κ2) is 6.15. The van der Waals surface area contributed by atoms with Crippen molar-refractivity contribution in [2.45, 2.75) is 30.7 Å². The summed E-state index contributed by atoms with van der Waals surface area (Å²) in [7, 11) is 0. The van der Waals surface area contributed by atoms with Crippen LogP contribution in [-0.2, 0) is 4.79 Å². The van der Waals surface area contributed by atoms with E-state index in [0.29, 0.717) is 10.3 Å². The van der Waals surface area contributed by atoms with Crippen LogP contribution in [0.5, 0.6) is 0 Å². The van der Waals surface area contributed by atoms with Crippen LogP contribution in [0.4, 0.5) is 0 Å². The molecule has 124 valence electrons. The maximum absolute atomic E-state index is 11.4. The van der Waals surface area contributed by atoms with Crippen molar-refractivity contribution in [2.75, 3.05) is 0 Å². The van der Waals surface area contributed by atoms with Crippen LogP contribution in [0.1, 0.15) is 19.4 Å². The third kappa shape index (κ3) is 2.89. The van der Waals surface area contributed by atoms with E-state index in [1.807, 2.05) is 30.3 Å². The second-order valence-corrected chi connectivity index (χ2v) is 8.04. The molecule has 0 bridgehead atoms. The number of carboxylic acids is 1. The minimum absolute atomic E-state index is 0.452. The number of imidazole rings is 1. The van der Waals surface area contributed by atoms with Gasteiger partial charge in [-0.1, -0.05) is 53.7 Å². The van der Waals surface area contributed by atoms with Crippen molar-refractivity contribution in [3.8, 4) is 5.69 Å². The van der Waals surface area contributed by atoms with Gasteiger partial charge < -0.3 is 5.11 Å². The summed E-state index contributed by atoms with van der Waals surface area (Å²) in [4.78, 5) is 15.8. The van der Waals surface area contributed by atoms with Crippen LogP contribution in [-0.4, -0.2) is 25.4 Å². The smallest absolute Gasteiger partial charge is 0.319 e. The van der Waals surface area contributed by atoms with Crippen molar-refractivity contribution in [3.63, 3.8) is 0 Å². The number of rotatable bonds is 4. The molecular weight excluding hydrogens is 344 g/mol. The molecule has 1 N–H and O–H groups in total. The Balaban J connectivity index is 2.20. The molecule has 3 rings (SSSR count). The average molecular weight is 361 g/mol. The number of hydrogen-bond acceptors (Lipinski definition) is 3. The predicted molar refractivity (Wildman–Crippen MR) is 98.4 cm³/mol. The Morgan fingerprint density at radius 1 is 1.21 bits per heavy atom. The number of halogens is 1. The van der Waals surface area contributed by atoms with E-state index in [1.165, 1.54) is 17.3 Å². The van der Waals surface area contributed by atoms with Crippen LogP contribution in [0.2, 0.25) is 5.15 Å². The lowest BCUT2D eigenvalue weighted by molar-refractivity contribution is -0.138. The van der Waals surface area contributed by atoms with E-state index in [0.717, 1.165) is 16.5 Å². The zero-order valence-corrected chi connectivity index (χ0v) is 15.1. The van der Waals surface area contributed by atoms with Gasteiger partial charge in [-0.15, -0.1) is 0 Å². The number of fused-ring (bicyclic) bond motifs is 1. The van der Waals surface area contributed by atoms with E-state index >= 15 is 0 Å². The third-order valence-corrected chi connectivity index (χ3v) is 5.33. The number of aromatic nitrogens is 2. The number of aryl methyl sites for hydroxylation is 1. The SMILES string of the molecule is Cc1ccc(-n2c(Cl)cnc2SC(C)(C)C(=O)O)c2ccccc12. The third-order valence-electron chi connectivity index (χ3n) is 3.91.